The third kappa shape index (κ3) is 6.86. The fourth-order valence-electron chi connectivity index (χ4n) is 4.17. The fraction of sp³-hybridized carbons (Fsp3) is 0.480. The topological polar surface area (TPSA) is 74.8 Å². The summed E-state index contributed by atoms with van der Waals surface area (Å²) in [4.78, 5) is 32.9. The first-order chi connectivity index (χ1) is 16.5. The van der Waals surface area contributed by atoms with Crippen LogP contribution in [0.1, 0.15) is 50.8 Å². The number of nitrogens with zero attached hydrogens (tertiary/aromatic N) is 3. The van der Waals surface area contributed by atoms with E-state index in [-0.39, 0.29) is 29.4 Å². The SMILES string of the molecule is CC(=O)N1CCC(N(C(=O)Nc2ccc(C)nc2OCC(F)(F)F)c2ccccc2C(C)C)CC1. The van der Waals surface area contributed by atoms with Crippen LogP contribution >= 0.6 is 0 Å². The summed E-state index contributed by atoms with van der Waals surface area (Å²) in [7, 11) is 0. The number of hydrogen-bond acceptors (Lipinski definition) is 4. The summed E-state index contributed by atoms with van der Waals surface area (Å²) in [6.07, 6.45) is -3.40. The minimum absolute atomic E-state index is 0.0146. The van der Waals surface area contributed by atoms with E-state index in [4.69, 9.17) is 4.74 Å². The molecular formula is C25H31F3N4O3. The second-order valence-electron chi connectivity index (χ2n) is 8.96. The van der Waals surface area contributed by atoms with Crippen molar-refractivity contribution in [1.82, 2.24) is 9.88 Å². The highest BCUT2D eigenvalue weighted by Gasteiger charge is 2.33. The van der Waals surface area contributed by atoms with Crippen LogP contribution in [-0.4, -0.2) is 53.7 Å². The van der Waals surface area contributed by atoms with Crippen molar-refractivity contribution in [2.45, 2.75) is 58.7 Å². The predicted octanol–water partition coefficient (Wildman–Crippen LogP) is 5.50. The van der Waals surface area contributed by atoms with Gasteiger partial charge in [-0.2, -0.15) is 13.2 Å². The molecule has 0 saturated carbocycles. The van der Waals surface area contributed by atoms with E-state index in [0.29, 0.717) is 31.6 Å². The summed E-state index contributed by atoms with van der Waals surface area (Å²) in [5.41, 5.74) is 2.20. The maximum Gasteiger partial charge on any atom is 0.422 e. The van der Waals surface area contributed by atoms with Gasteiger partial charge in [0.05, 0.1) is 0 Å². The summed E-state index contributed by atoms with van der Waals surface area (Å²) in [6.45, 7) is 6.71. The minimum Gasteiger partial charge on any atom is -0.467 e. The van der Waals surface area contributed by atoms with Gasteiger partial charge in [-0.15, -0.1) is 0 Å². The van der Waals surface area contributed by atoms with Crippen LogP contribution < -0.4 is 15.0 Å². The van der Waals surface area contributed by atoms with Crippen molar-refractivity contribution in [3.05, 3.63) is 47.7 Å². The smallest absolute Gasteiger partial charge is 0.422 e. The van der Waals surface area contributed by atoms with Crippen LogP contribution in [0.5, 0.6) is 5.88 Å². The van der Waals surface area contributed by atoms with Gasteiger partial charge >= 0.3 is 12.2 Å². The number of aromatic nitrogens is 1. The normalized spacial score (nSPS) is 14.7. The van der Waals surface area contributed by atoms with Gasteiger partial charge < -0.3 is 15.0 Å². The number of para-hydroxylation sites is 1. The lowest BCUT2D eigenvalue weighted by atomic mass is 9.97. The number of anilines is 2. The summed E-state index contributed by atoms with van der Waals surface area (Å²) in [5.74, 6) is -0.177. The van der Waals surface area contributed by atoms with E-state index < -0.39 is 18.8 Å². The average Bonchev–Trinajstić information content (AvgIpc) is 2.79. The van der Waals surface area contributed by atoms with Crippen LogP contribution in [0.15, 0.2) is 36.4 Å². The quantitative estimate of drug-likeness (QED) is 0.578. The molecule has 1 aliphatic heterocycles. The molecule has 1 aromatic carbocycles. The molecule has 0 unspecified atom stereocenters. The van der Waals surface area contributed by atoms with Gasteiger partial charge in [0, 0.05) is 37.4 Å². The second kappa shape index (κ2) is 11.0. The highest BCUT2D eigenvalue weighted by atomic mass is 19.4. The molecule has 3 amide bonds. The Bertz CT molecular complexity index is 1050. The Kier molecular flexibility index (Phi) is 8.24. The monoisotopic (exact) mass is 492 g/mol. The molecule has 0 aliphatic carbocycles. The Morgan fingerprint density at radius 2 is 1.83 bits per heavy atom. The van der Waals surface area contributed by atoms with Crippen LogP contribution in [-0.2, 0) is 4.79 Å². The van der Waals surface area contributed by atoms with Gasteiger partial charge in [0.15, 0.2) is 6.61 Å². The molecule has 0 atom stereocenters. The van der Waals surface area contributed by atoms with Crippen LogP contribution in [0, 0.1) is 6.92 Å². The number of amides is 3. The lowest BCUT2D eigenvalue weighted by molar-refractivity contribution is -0.154. The highest BCUT2D eigenvalue weighted by molar-refractivity contribution is 6.03. The van der Waals surface area contributed by atoms with Crippen molar-refractivity contribution in [2.75, 3.05) is 29.9 Å². The first kappa shape index (κ1) is 26.3. The maximum absolute atomic E-state index is 13.7. The Labute approximate surface area is 203 Å². The van der Waals surface area contributed by atoms with Crippen molar-refractivity contribution in [3.8, 4) is 5.88 Å². The molecule has 0 radical (unpaired) electrons. The molecule has 10 heteroatoms. The number of halogens is 3. The maximum atomic E-state index is 13.7. The molecule has 7 nitrogen and oxygen atoms in total. The fourth-order valence-corrected chi connectivity index (χ4v) is 4.17. The molecule has 2 heterocycles. The standard InChI is InChI=1S/C25H31F3N4O3/c1-16(2)20-7-5-6-8-22(20)32(19-11-13-31(14-12-19)18(4)33)24(34)30-21-10-9-17(3)29-23(21)35-15-25(26,27)28/h5-10,16,19H,11-15H2,1-4H3,(H,30,34). The van der Waals surface area contributed by atoms with Gasteiger partial charge in [-0.25, -0.2) is 9.78 Å². The number of ether oxygens (including phenoxy) is 1. The molecule has 190 valence electrons. The van der Waals surface area contributed by atoms with E-state index in [1.54, 1.807) is 22.8 Å². The molecule has 1 saturated heterocycles. The highest BCUT2D eigenvalue weighted by Crippen LogP contribution is 2.33. The predicted molar refractivity (Wildman–Crippen MR) is 128 cm³/mol. The molecule has 0 bridgehead atoms. The Morgan fingerprint density at radius 1 is 1.17 bits per heavy atom. The van der Waals surface area contributed by atoms with Crippen LogP contribution in [0.4, 0.5) is 29.3 Å². The van der Waals surface area contributed by atoms with Crippen LogP contribution in [0.25, 0.3) is 0 Å². The van der Waals surface area contributed by atoms with Gasteiger partial charge in [0.25, 0.3) is 0 Å². The zero-order valence-electron chi connectivity index (χ0n) is 20.4. The van der Waals surface area contributed by atoms with E-state index in [9.17, 15) is 22.8 Å². The number of carbonyl (C=O) groups is 2. The number of carbonyl (C=O) groups excluding carboxylic acids is 2. The number of likely N-dealkylation sites (tertiary alicyclic amines) is 1. The van der Waals surface area contributed by atoms with Gasteiger partial charge in [-0.3, -0.25) is 9.69 Å². The largest absolute Gasteiger partial charge is 0.467 e. The summed E-state index contributed by atoms with van der Waals surface area (Å²) in [5, 5.41) is 2.72. The van der Waals surface area contributed by atoms with Gasteiger partial charge in [0.1, 0.15) is 5.69 Å². The summed E-state index contributed by atoms with van der Waals surface area (Å²) < 4.78 is 43.2. The van der Waals surface area contributed by atoms with Crippen molar-refractivity contribution in [3.63, 3.8) is 0 Å². The minimum atomic E-state index is -4.54. The molecular weight excluding hydrogens is 461 g/mol. The molecule has 35 heavy (non-hydrogen) atoms. The number of urea groups is 1. The zero-order valence-corrected chi connectivity index (χ0v) is 20.4. The number of nitrogens with one attached hydrogen (secondary N) is 1. The van der Waals surface area contributed by atoms with Crippen LogP contribution in [0.2, 0.25) is 0 Å². The molecule has 1 aliphatic rings. The molecule has 3 rings (SSSR count). The number of aryl methyl sites for hydroxylation is 1. The van der Waals surface area contributed by atoms with Crippen LogP contribution in [0.3, 0.4) is 0 Å². The van der Waals surface area contributed by atoms with Crippen molar-refractivity contribution in [1.29, 1.82) is 0 Å². The van der Waals surface area contributed by atoms with Crippen molar-refractivity contribution in [2.24, 2.45) is 0 Å². The third-order valence-electron chi connectivity index (χ3n) is 5.93. The average molecular weight is 493 g/mol. The van der Waals surface area contributed by atoms with Crippen molar-refractivity contribution < 1.29 is 27.5 Å². The second-order valence-corrected chi connectivity index (χ2v) is 8.96. The summed E-state index contributed by atoms with van der Waals surface area (Å²) >= 11 is 0. The lowest BCUT2D eigenvalue weighted by Gasteiger charge is -2.39. The number of pyridine rings is 1. The third-order valence-corrected chi connectivity index (χ3v) is 5.93. The molecule has 1 fully saturated rings. The number of rotatable bonds is 6. The van der Waals surface area contributed by atoms with Gasteiger partial charge in [0.2, 0.25) is 11.8 Å². The molecule has 0 spiro atoms. The number of hydrogen-bond donors (Lipinski definition) is 1. The van der Waals surface area contributed by atoms with Gasteiger partial charge in [-0.05, 0) is 49.4 Å². The molecule has 1 aromatic heterocycles. The van der Waals surface area contributed by atoms with E-state index in [0.717, 1.165) is 11.3 Å². The molecule has 1 N–H and O–H groups in total. The zero-order chi connectivity index (χ0) is 25.8. The first-order valence-corrected chi connectivity index (χ1v) is 11.6. The summed E-state index contributed by atoms with van der Waals surface area (Å²) in [6, 6.07) is 9.93. The van der Waals surface area contributed by atoms with E-state index in [1.807, 2.05) is 38.1 Å². The number of benzene rings is 1. The van der Waals surface area contributed by atoms with E-state index in [2.05, 4.69) is 10.3 Å². The Balaban J connectivity index is 1.93. The number of piperidine rings is 1. The molecule has 2 aromatic rings. The van der Waals surface area contributed by atoms with E-state index in [1.165, 1.54) is 13.0 Å². The first-order valence-electron chi connectivity index (χ1n) is 11.6. The Morgan fingerprint density at radius 3 is 2.43 bits per heavy atom. The van der Waals surface area contributed by atoms with Crippen molar-refractivity contribution >= 4 is 23.3 Å². The Hall–Kier alpha value is -3.30. The number of alkyl halides is 3. The van der Waals surface area contributed by atoms with Gasteiger partial charge in [-0.1, -0.05) is 32.0 Å². The lowest BCUT2D eigenvalue weighted by Crippen LogP contribution is -2.50. The van der Waals surface area contributed by atoms with E-state index >= 15 is 0 Å².